The highest BCUT2D eigenvalue weighted by Crippen LogP contribution is 2.15. The average molecular weight is 307 g/mol. The Morgan fingerprint density at radius 1 is 1.16 bits per heavy atom. The molecule has 0 aliphatic carbocycles. The van der Waals surface area contributed by atoms with Crippen molar-refractivity contribution in [3.05, 3.63) is 24.3 Å². The fourth-order valence-corrected chi connectivity index (χ4v) is 2.89. The Morgan fingerprint density at radius 3 is 2.11 bits per heavy atom. The lowest BCUT2D eigenvalue weighted by Gasteiger charge is -2.07. The van der Waals surface area contributed by atoms with Crippen molar-refractivity contribution in [1.29, 1.82) is 0 Å². The molecule has 0 bridgehead atoms. The first kappa shape index (κ1) is 15.4. The maximum Gasteiger partial charge on any atom is 0.304 e. The van der Waals surface area contributed by atoms with Crippen molar-refractivity contribution in [3.8, 4) is 0 Å². The first-order valence-electron chi connectivity index (χ1n) is 5.12. The van der Waals surface area contributed by atoms with Gasteiger partial charge in [-0.15, -0.1) is 0 Å². The monoisotopic (exact) mass is 307 g/mol. The molecule has 0 radical (unpaired) electrons. The van der Waals surface area contributed by atoms with Crippen molar-refractivity contribution in [2.24, 2.45) is 0 Å². The molecule has 0 aliphatic heterocycles. The maximum absolute atomic E-state index is 11.5. The second kappa shape index (κ2) is 5.57. The van der Waals surface area contributed by atoms with E-state index in [0.29, 0.717) is 0 Å². The average Bonchev–Trinajstić information content (AvgIpc) is 2.25. The summed E-state index contributed by atoms with van der Waals surface area (Å²) in [5.74, 6) is -1.76. The van der Waals surface area contributed by atoms with Crippen LogP contribution in [0.1, 0.15) is 6.42 Å². The Hall–Kier alpha value is -1.61. The molecule has 0 aliphatic rings. The molecule has 2 N–H and O–H groups in total. The zero-order valence-corrected chi connectivity index (χ0v) is 11.7. The van der Waals surface area contributed by atoms with Gasteiger partial charge in [-0.2, -0.15) is 0 Å². The molecule has 7 nitrogen and oxygen atoms in total. The Labute approximate surface area is 111 Å². The van der Waals surface area contributed by atoms with Gasteiger partial charge in [0.15, 0.2) is 9.84 Å². The topological polar surface area (TPSA) is 118 Å². The third-order valence-corrected chi connectivity index (χ3v) is 4.56. The molecule has 0 aromatic heterocycles. The standard InChI is InChI=1S/C10H13NO6S2/c1-18(14,15)9-4-2-8(3-5-9)11-19(16,17)7-6-10(12)13/h2-5,11H,6-7H2,1H3,(H,12,13). The van der Waals surface area contributed by atoms with E-state index in [2.05, 4.69) is 4.72 Å². The van der Waals surface area contributed by atoms with Crippen LogP contribution in [0.2, 0.25) is 0 Å². The smallest absolute Gasteiger partial charge is 0.304 e. The molecular weight excluding hydrogens is 294 g/mol. The van der Waals surface area contributed by atoms with E-state index in [-0.39, 0.29) is 10.6 Å². The zero-order valence-electron chi connectivity index (χ0n) is 10.0. The number of sulfone groups is 1. The van der Waals surface area contributed by atoms with Crippen LogP contribution in [0, 0.1) is 0 Å². The molecule has 1 aromatic rings. The van der Waals surface area contributed by atoms with Gasteiger partial charge < -0.3 is 5.11 Å². The van der Waals surface area contributed by atoms with E-state index in [1.807, 2.05) is 0 Å². The van der Waals surface area contributed by atoms with Crippen LogP contribution in [0.15, 0.2) is 29.2 Å². The molecule has 0 spiro atoms. The maximum atomic E-state index is 11.5. The van der Waals surface area contributed by atoms with Crippen molar-refractivity contribution in [2.75, 3.05) is 16.7 Å². The molecule has 0 fully saturated rings. The lowest BCUT2D eigenvalue weighted by Crippen LogP contribution is -2.18. The minimum Gasteiger partial charge on any atom is -0.481 e. The Morgan fingerprint density at radius 2 is 1.68 bits per heavy atom. The molecule has 0 saturated heterocycles. The second-order valence-electron chi connectivity index (χ2n) is 3.86. The number of sulfonamides is 1. The quantitative estimate of drug-likeness (QED) is 0.780. The molecule has 0 amide bonds. The number of hydrogen-bond donors (Lipinski definition) is 2. The highest BCUT2D eigenvalue weighted by molar-refractivity contribution is 7.92. The lowest BCUT2D eigenvalue weighted by molar-refractivity contribution is -0.136. The molecule has 0 saturated carbocycles. The fourth-order valence-electron chi connectivity index (χ4n) is 1.22. The summed E-state index contributed by atoms with van der Waals surface area (Å²) in [7, 11) is -7.10. The number of carbonyl (C=O) groups is 1. The molecule has 0 heterocycles. The third kappa shape index (κ3) is 5.26. The van der Waals surface area contributed by atoms with Gasteiger partial charge in [-0.3, -0.25) is 9.52 Å². The van der Waals surface area contributed by atoms with E-state index in [1.54, 1.807) is 0 Å². The predicted octanol–water partition coefficient (Wildman–Crippen LogP) is 0.306. The molecule has 1 aromatic carbocycles. The summed E-state index contributed by atoms with van der Waals surface area (Å²) in [5, 5.41) is 8.41. The predicted molar refractivity (Wildman–Crippen MR) is 69.2 cm³/mol. The number of rotatable bonds is 6. The summed E-state index contributed by atoms with van der Waals surface area (Å²) < 4.78 is 47.6. The lowest BCUT2D eigenvalue weighted by atomic mass is 10.3. The van der Waals surface area contributed by atoms with Gasteiger partial charge in [0, 0.05) is 11.9 Å². The number of carboxylic acids is 1. The van der Waals surface area contributed by atoms with Gasteiger partial charge >= 0.3 is 5.97 Å². The summed E-state index contributed by atoms with van der Waals surface area (Å²) >= 11 is 0. The zero-order chi connectivity index (χ0) is 14.7. The van der Waals surface area contributed by atoms with Crippen molar-refractivity contribution < 1.29 is 26.7 Å². The van der Waals surface area contributed by atoms with Gasteiger partial charge in [0.1, 0.15) is 0 Å². The molecule has 1 rings (SSSR count). The van der Waals surface area contributed by atoms with Gasteiger partial charge in [0.05, 0.1) is 17.1 Å². The Balaban J connectivity index is 2.81. The Bertz CT molecular complexity index is 660. The largest absolute Gasteiger partial charge is 0.481 e. The van der Waals surface area contributed by atoms with Crippen LogP contribution in [-0.2, 0) is 24.7 Å². The summed E-state index contributed by atoms with van der Waals surface area (Å²) in [5.41, 5.74) is 0.179. The number of anilines is 1. The first-order chi connectivity index (χ1) is 8.60. The number of carboxylic acid groups (broad SMARTS) is 1. The molecular formula is C10H13NO6S2. The SMILES string of the molecule is CS(=O)(=O)c1ccc(NS(=O)(=O)CCC(=O)O)cc1. The minimum absolute atomic E-state index is 0.0704. The van der Waals surface area contributed by atoms with Gasteiger partial charge in [0.2, 0.25) is 10.0 Å². The van der Waals surface area contributed by atoms with Crippen molar-refractivity contribution >= 4 is 31.5 Å². The van der Waals surface area contributed by atoms with Gasteiger partial charge in [-0.25, -0.2) is 16.8 Å². The number of benzene rings is 1. The molecule has 0 atom stereocenters. The van der Waals surface area contributed by atoms with Crippen LogP contribution in [0.5, 0.6) is 0 Å². The minimum atomic E-state index is -3.76. The number of nitrogens with one attached hydrogen (secondary N) is 1. The van der Waals surface area contributed by atoms with E-state index in [1.165, 1.54) is 24.3 Å². The van der Waals surface area contributed by atoms with E-state index < -0.39 is 38.0 Å². The van der Waals surface area contributed by atoms with E-state index >= 15 is 0 Å². The third-order valence-electron chi connectivity index (χ3n) is 2.14. The van der Waals surface area contributed by atoms with E-state index in [9.17, 15) is 21.6 Å². The fraction of sp³-hybridized carbons (Fsp3) is 0.300. The van der Waals surface area contributed by atoms with Crippen molar-refractivity contribution in [3.63, 3.8) is 0 Å². The number of aliphatic carboxylic acids is 1. The van der Waals surface area contributed by atoms with Crippen LogP contribution in [0.4, 0.5) is 5.69 Å². The highest BCUT2D eigenvalue weighted by Gasteiger charge is 2.13. The van der Waals surface area contributed by atoms with Crippen LogP contribution < -0.4 is 4.72 Å². The van der Waals surface area contributed by atoms with Crippen molar-refractivity contribution in [1.82, 2.24) is 0 Å². The normalized spacial score (nSPS) is 12.1. The van der Waals surface area contributed by atoms with Crippen LogP contribution in [-0.4, -0.2) is 39.9 Å². The van der Waals surface area contributed by atoms with E-state index in [4.69, 9.17) is 5.11 Å². The molecule has 9 heteroatoms. The van der Waals surface area contributed by atoms with Gasteiger partial charge in [-0.1, -0.05) is 0 Å². The van der Waals surface area contributed by atoms with Crippen LogP contribution in [0.25, 0.3) is 0 Å². The van der Waals surface area contributed by atoms with Crippen LogP contribution >= 0.6 is 0 Å². The number of hydrogen-bond acceptors (Lipinski definition) is 5. The molecule has 0 unspecified atom stereocenters. The van der Waals surface area contributed by atoms with Gasteiger partial charge in [0.25, 0.3) is 0 Å². The highest BCUT2D eigenvalue weighted by atomic mass is 32.2. The molecule has 106 valence electrons. The van der Waals surface area contributed by atoms with E-state index in [0.717, 1.165) is 6.26 Å². The Kier molecular flexibility index (Phi) is 4.53. The van der Waals surface area contributed by atoms with Crippen molar-refractivity contribution in [2.45, 2.75) is 11.3 Å². The van der Waals surface area contributed by atoms with Crippen LogP contribution in [0.3, 0.4) is 0 Å². The summed E-state index contributed by atoms with van der Waals surface area (Å²) in [6.07, 6.45) is 0.537. The molecule has 19 heavy (non-hydrogen) atoms. The summed E-state index contributed by atoms with van der Waals surface area (Å²) in [4.78, 5) is 10.4. The summed E-state index contributed by atoms with van der Waals surface area (Å²) in [6, 6.07) is 5.14. The van der Waals surface area contributed by atoms with Gasteiger partial charge in [-0.05, 0) is 24.3 Å². The first-order valence-corrected chi connectivity index (χ1v) is 8.67. The summed E-state index contributed by atoms with van der Waals surface area (Å²) in [6.45, 7) is 0. The second-order valence-corrected chi connectivity index (χ2v) is 7.72.